The maximum Gasteiger partial charge on any atom is 0.237 e. The van der Waals surface area contributed by atoms with Crippen molar-refractivity contribution < 1.29 is 9.90 Å². The second-order valence-electron chi connectivity index (χ2n) is 6.04. The number of aromatic hydroxyl groups is 1. The smallest absolute Gasteiger partial charge is 0.237 e. The Bertz CT molecular complexity index is 923. The summed E-state index contributed by atoms with van der Waals surface area (Å²) in [5.41, 5.74) is 3.93. The van der Waals surface area contributed by atoms with Gasteiger partial charge in [0.05, 0.1) is 15.8 Å². The van der Waals surface area contributed by atoms with Gasteiger partial charge in [-0.2, -0.15) is 0 Å². The van der Waals surface area contributed by atoms with E-state index in [2.05, 4.69) is 18.3 Å². The first kappa shape index (κ1) is 17.3. The van der Waals surface area contributed by atoms with Gasteiger partial charge in [0.15, 0.2) is 0 Å². The average molecular weight is 352 g/mol. The number of amides is 1. The molecule has 1 amide bonds. The highest BCUT2D eigenvalue weighted by atomic mass is 32.2. The summed E-state index contributed by atoms with van der Waals surface area (Å²) in [4.78, 5) is 17.1. The van der Waals surface area contributed by atoms with Crippen molar-refractivity contribution >= 4 is 34.3 Å². The number of nitrogens with zero attached hydrogens (tertiary/aromatic N) is 1. The standard InChI is InChI=1S/C20H20N2O2S/c1-12-5-4-6-17-13(2)11-18(22-19(12)17)25-14(3)20(24)21-15-7-9-16(23)10-8-15/h4-11,14,23H,1-3H3,(H,21,24). The quantitative estimate of drug-likeness (QED) is 0.529. The van der Waals surface area contributed by atoms with E-state index >= 15 is 0 Å². The summed E-state index contributed by atoms with van der Waals surface area (Å²) in [5, 5.41) is 13.9. The van der Waals surface area contributed by atoms with E-state index in [1.807, 2.05) is 32.0 Å². The molecule has 0 radical (unpaired) electrons. The minimum absolute atomic E-state index is 0.0972. The Labute approximate surface area is 151 Å². The Morgan fingerprint density at radius 3 is 2.56 bits per heavy atom. The molecular weight excluding hydrogens is 332 g/mol. The molecule has 3 aromatic rings. The Morgan fingerprint density at radius 1 is 1.12 bits per heavy atom. The van der Waals surface area contributed by atoms with Crippen molar-refractivity contribution in [1.29, 1.82) is 0 Å². The molecule has 1 unspecified atom stereocenters. The van der Waals surface area contributed by atoms with Crippen LogP contribution in [0, 0.1) is 13.8 Å². The Morgan fingerprint density at radius 2 is 1.84 bits per heavy atom. The average Bonchev–Trinajstić information content (AvgIpc) is 2.58. The lowest BCUT2D eigenvalue weighted by Gasteiger charge is -2.13. The summed E-state index contributed by atoms with van der Waals surface area (Å²) in [6, 6.07) is 14.6. The van der Waals surface area contributed by atoms with Crippen molar-refractivity contribution in [2.24, 2.45) is 0 Å². The molecule has 3 rings (SSSR count). The second-order valence-corrected chi connectivity index (χ2v) is 7.41. The van der Waals surface area contributed by atoms with Gasteiger partial charge in [0.1, 0.15) is 5.75 Å². The van der Waals surface area contributed by atoms with Crippen LogP contribution in [0.1, 0.15) is 18.1 Å². The highest BCUT2D eigenvalue weighted by Crippen LogP contribution is 2.28. The number of carbonyl (C=O) groups is 1. The van der Waals surface area contributed by atoms with Crippen LogP contribution in [0.15, 0.2) is 53.6 Å². The first-order valence-electron chi connectivity index (χ1n) is 8.07. The normalized spacial score (nSPS) is 12.1. The number of pyridine rings is 1. The van der Waals surface area contributed by atoms with Crippen LogP contribution in [0.3, 0.4) is 0 Å². The van der Waals surface area contributed by atoms with E-state index in [4.69, 9.17) is 4.98 Å². The van der Waals surface area contributed by atoms with Gasteiger partial charge >= 0.3 is 0 Å². The number of phenols is 1. The van der Waals surface area contributed by atoms with Crippen LogP contribution in [-0.4, -0.2) is 21.2 Å². The van der Waals surface area contributed by atoms with E-state index in [-0.39, 0.29) is 16.9 Å². The van der Waals surface area contributed by atoms with Gasteiger partial charge in [0.25, 0.3) is 0 Å². The zero-order valence-electron chi connectivity index (χ0n) is 14.4. The number of fused-ring (bicyclic) bond motifs is 1. The Kier molecular flexibility index (Phi) is 4.95. The van der Waals surface area contributed by atoms with Crippen molar-refractivity contribution in [3.63, 3.8) is 0 Å². The largest absolute Gasteiger partial charge is 0.508 e. The van der Waals surface area contributed by atoms with Crippen LogP contribution < -0.4 is 5.32 Å². The van der Waals surface area contributed by atoms with Crippen molar-refractivity contribution in [3.05, 3.63) is 59.7 Å². The first-order chi connectivity index (χ1) is 11.9. The molecule has 2 aromatic carbocycles. The van der Waals surface area contributed by atoms with E-state index in [9.17, 15) is 9.90 Å². The lowest BCUT2D eigenvalue weighted by molar-refractivity contribution is -0.115. The second kappa shape index (κ2) is 7.15. The number of thioether (sulfide) groups is 1. The van der Waals surface area contributed by atoms with Gasteiger partial charge in [-0.1, -0.05) is 30.0 Å². The highest BCUT2D eigenvalue weighted by molar-refractivity contribution is 8.00. The molecule has 4 nitrogen and oxygen atoms in total. The van der Waals surface area contributed by atoms with Crippen LogP contribution in [-0.2, 0) is 4.79 Å². The molecule has 1 atom stereocenters. The Hall–Kier alpha value is -2.53. The zero-order chi connectivity index (χ0) is 18.0. The van der Waals surface area contributed by atoms with Gasteiger partial charge in [0, 0.05) is 11.1 Å². The lowest BCUT2D eigenvalue weighted by atomic mass is 10.1. The maximum absolute atomic E-state index is 12.4. The van der Waals surface area contributed by atoms with Crippen LogP contribution in [0.25, 0.3) is 10.9 Å². The number of phenolic OH excluding ortho intramolecular Hbond substituents is 1. The molecular formula is C20H20N2O2S. The predicted octanol–water partition coefficient (Wildman–Crippen LogP) is 4.68. The van der Waals surface area contributed by atoms with Crippen LogP contribution in [0.5, 0.6) is 5.75 Å². The van der Waals surface area contributed by atoms with E-state index < -0.39 is 0 Å². The number of hydrogen-bond acceptors (Lipinski definition) is 4. The summed E-state index contributed by atoms with van der Waals surface area (Å²) in [6.45, 7) is 5.97. The fourth-order valence-corrected chi connectivity index (χ4v) is 3.53. The fraction of sp³-hybridized carbons (Fsp3) is 0.200. The monoisotopic (exact) mass is 352 g/mol. The fourth-order valence-electron chi connectivity index (χ4n) is 2.61. The topological polar surface area (TPSA) is 62.2 Å². The van der Waals surface area contributed by atoms with Gasteiger partial charge in [-0.15, -0.1) is 0 Å². The summed E-state index contributed by atoms with van der Waals surface area (Å²) < 4.78 is 0. The third-order valence-corrected chi connectivity index (χ3v) is 5.04. The van der Waals surface area contributed by atoms with Gasteiger partial charge in [-0.05, 0) is 62.2 Å². The number of benzene rings is 2. The molecule has 0 aliphatic carbocycles. The number of anilines is 1. The zero-order valence-corrected chi connectivity index (χ0v) is 15.2. The van der Waals surface area contributed by atoms with Gasteiger partial charge in [0.2, 0.25) is 5.91 Å². The SMILES string of the molecule is Cc1cc(SC(C)C(=O)Nc2ccc(O)cc2)nc2c(C)cccc12. The third kappa shape index (κ3) is 3.94. The predicted molar refractivity (Wildman–Crippen MR) is 103 cm³/mol. The molecule has 2 N–H and O–H groups in total. The van der Waals surface area contributed by atoms with Crippen LogP contribution in [0.2, 0.25) is 0 Å². The van der Waals surface area contributed by atoms with Gasteiger partial charge in [-0.25, -0.2) is 4.98 Å². The van der Waals surface area contributed by atoms with Gasteiger partial charge in [-0.3, -0.25) is 4.79 Å². The molecule has 0 spiro atoms. The number of aryl methyl sites for hydroxylation is 2. The summed E-state index contributed by atoms with van der Waals surface area (Å²) in [7, 11) is 0. The van der Waals surface area contributed by atoms with Crippen molar-refractivity contribution in [1.82, 2.24) is 4.98 Å². The summed E-state index contributed by atoms with van der Waals surface area (Å²) in [5.74, 6) is 0.0756. The molecule has 25 heavy (non-hydrogen) atoms. The molecule has 0 fully saturated rings. The molecule has 0 aliphatic rings. The van der Waals surface area contributed by atoms with Gasteiger partial charge < -0.3 is 10.4 Å². The molecule has 0 saturated heterocycles. The van der Waals surface area contributed by atoms with E-state index in [1.165, 1.54) is 11.8 Å². The molecule has 0 aliphatic heterocycles. The summed E-state index contributed by atoms with van der Waals surface area (Å²) in [6.07, 6.45) is 0. The van der Waals surface area contributed by atoms with Crippen LogP contribution >= 0.6 is 11.8 Å². The van der Waals surface area contributed by atoms with E-state index in [1.54, 1.807) is 24.3 Å². The Balaban J connectivity index is 1.77. The first-order valence-corrected chi connectivity index (χ1v) is 8.95. The van der Waals surface area contributed by atoms with Crippen LogP contribution in [0.4, 0.5) is 5.69 Å². The molecule has 128 valence electrons. The number of aromatic nitrogens is 1. The lowest BCUT2D eigenvalue weighted by Crippen LogP contribution is -2.22. The van der Waals surface area contributed by atoms with E-state index in [0.717, 1.165) is 27.1 Å². The molecule has 0 bridgehead atoms. The molecule has 5 heteroatoms. The number of nitrogens with one attached hydrogen (secondary N) is 1. The van der Waals surface area contributed by atoms with Crippen molar-refractivity contribution in [2.75, 3.05) is 5.32 Å². The third-order valence-electron chi connectivity index (χ3n) is 4.03. The van der Waals surface area contributed by atoms with Crippen molar-refractivity contribution in [3.8, 4) is 5.75 Å². The molecule has 0 saturated carbocycles. The maximum atomic E-state index is 12.4. The van der Waals surface area contributed by atoms with E-state index in [0.29, 0.717) is 5.69 Å². The molecule has 1 heterocycles. The number of hydrogen-bond donors (Lipinski definition) is 2. The highest BCUT2D eigenvalue weighted by Gasteiger charge is 2.16. The number of para-hydroxylation sites is 1. The minimum atomic E-state index is -0.290. The molecule has 1 aromatic heterocycles. The summed E-state index contributed by atoms with van der Waals surface area (Å²) >= 11 is 1.44. The number of carbonyl (C=O) groups excluding carboxylic acids is 1. The van der Waals surface area contributed by atoms with Crippen molar-refractivity contribution in [2.45, 2.75) is 31.0 Å². The number of rotatable bonds is 4. The minimum Gasteiger partial charge on any atom is -0.508 e.